The van der Waals surface area contributed by atoms with Crippen molar-refractivity contribution in [2.24, 2.45) is 5.41 Å². The second kappa shape index (κ2) is 14.6. The third-order valence-corrected chi connectivity index (χ3v) is 4.17. The molecule has 0 rings (SSSR count). The van der Waals surface area contributed by atoms with E-state index in [-0.39, 0.29) is 19.8 Å². The number of rotatable bonds is 15. The fraction of sp³-hybridized carbons (Fsp3) is 0.850. The van der Waals surface area contributed by atoms with E-state index in [9.17, 15) is 14.4 Å². The molecule has 0 saturated heterocycles. The predicted molar refractivity (Wildman–Crippen MR) is 99.6 cm³/mol. The van der Waals surface area contributed by atoms with Crippen LogP contribution in [0.2, 0.25) is 0 Å². The minimum absolute atomic E-state index is 0.175. The van der Waals surface area contributed by atoms with Gasteiger partial charge in [0, 0.05) is 0 Å². The summed E-state index contributed by atoms with van der Waals surface area (Å²) in [5, 5.41) is 0. The zero-order chi connectivity index (χ0) is 19.8. The topological polar surface area (TPSA) is 78.9 Å². The Bertz CT molecular complexity index is 359. The first-order valence-corrected chi connectivity index (χ1v) is 9.96. The van der Waals surface area contributed by atoms with Gasteiger partial charge in [-0.25, -0.2) is 0 Å². The molecule has 0 aromatic heterocycles. The average Bonchev–Trinajstić information content (AvgIpc) is 2.64. The maximum atomic E-state index is 12.5. The van der Waals surface area contributed by atoms with Gasteiger partial charge in [0.2, 0.25) is 0 Å². The molecule has 0 bridgehead atoms. The molecule has 0 amide bonds. The van der Waals surface area contributed by atoms with Crippen molar-refractivity contribution in [3.63, 3.8) is 0 Å². The summed E-state index contributed by atoms with van der Waals surface area (Å²) in [7, 11) is 0. The minimum atomic E-state index is -2.06. The van der Waals surface area contributed by atoms with Crippen LogP contribution in [0.3, 0.4) is 0 Å². The molecule has 152 valence electrons. The van der Waals surface area contributed by atoms with E-state index in [1.165, 1.54) is 6.92 Å². The molecule has 0 atom stereocenters. The van der Waals surface area contributed by atoms with E-state index in [1.807, 2.05) is 20.8 Å². The second-order valence-corrected chi connectivity index (χ2v) is 6.65. The normalized spacial score (nSPS) is 11.1. The van der Waals surface area contributed by atoms with Crippen molar-refractivity contribution in [2.75, 3.05) is 19.8 Å². The summed E-state index contributed by atoms with van der Waals surface area (Å²) in [6.07, 6.45) is 7.74. The van der Waals surface area contributed by atoms with Crippen LogP contribution in [0, 0.1) is 5.41 Å². The first-order valence-electron chi connectivity index (χ1n) is 9.96. The van der Waals surface area contributed by atoms with Gasteiger partial charge >= 0.3 is 17.9 Å². The van der Waals surface area contributed by atoms with Crippen molar-refractivity contribution in [3.8, 4) is 0 Å². The van der Waals surface area contributed by atoms with Gasteiger partial charge in [-0.05, 0) is 26.2 Å². The quantitative estimate of drug-likeness (QED) is 0.186. The summed E-state index contributed by atoms with van der Waals surface area (Å²) in [5.41, 5.74) is -2.06. The molecule has 0 N–H and O–H groups in total. The molecule has 26 heavy (non-hydrogen) atoms. The summed E-state index contributed by atoms with van der Waals surface area (Å²) in [5.74, 6) is -2.68. The molecule has 0 fully saturated rings. The van der Waals surface area contributed by atoms with Gasteiger partial charge in [-0.3, -0.25) is 14.4 Å². The van der Waals surface area contributed by atoms with Crippen LogP contribution in [0.25, 0.3) is 0 Å². The molecule has 6 heteroatoms. The summed E-state index contributed by atoms with van der Waals surface area (Å²) in [4.78, 5) is 37.4. The Morgan fingerprint density at radius 1 is 0.577 bits per heavy atom. The first-order chi connectivity index (χ1) is 12.4. The van der Waals surface area contributed by atoms with Gasteiger partial charge in [0.1, 0.15) is 0 Å². The lowest BCUT2D eigenvalue weighted by atomic mass is 9.91. The van der Waals surface area contributed by atoms with Gasteiger partial charge in [-0.1, -0.05) is 59.3 Å². The zero-order valence-electron chi connectivity index (χ0n) is 16.9. The lowest BCUT2D eigenvalue weighted by Gasteiger charge is -2.23. The highest BCUT2D eigenvalue weighted by molar-refractivity contribution is 6.17. The van der Waals surface area contributed by atoms with Gasteiger partial charge in [0.25, 0.3) is 5.41 Å². The molecule has 0 heterocycles. The maximum absolute atomic E-state index is 12.5. The fourth-order valence-electron chi connectivity index (χ4n) is 2.23. The molecule has 0 aromatic carbocycles. The van der Waals surface area contributed by atoms with E-state index >= 15 is 0 Å². The molecular weight excluding hydrogens is 336 g/mol. The van der Waals surface area contributed by atoms with Crippen LogP contribution in [0.5, 0.6) is 0 Å². The number of hydrogen-bond donors (Lipinski definition) is 0. The van der Waals surface area contributed by atoms with Crippen molar-refractivity contribution >= 4 is 17.9 Å². The Hall–Kier alpha value is -1.59. The van der Waals surface area contributed by atoms with Crippen molar-refractivity contribution < 1.29 is 28.6 Å². The van der Waals surface area contributed by atoms with Crippen molar-refractivity contribution in [3.05, 3.63) is 0 Å². The largest absolute Gasteiger partial charge is 0.464 e. The fourth-order valence-corrected chi connectivity index (χ4v) is 2.23. The summed E-state index contributed by atoms with van der Waals surface area (Å²) in [6, 6.07) is 0. The molecule has 0 aromatic rings. The third-order valence-electron chi connectivity index (χ3n) is 4.17. The van der Waals surface area contributed by atoms with Crippen LogP contribution in [0.15, 0.2) is 0 Å². The second-order valence-electron chi connectivity index (χ2n) is 6.65. The molecule has 0 aliphatic heterocycles. The van der Waals surface area contributed by atoms with Gasteiger partial charge < -0.3 is 14.2 Å². The Kier molecular flexibility index (Phi) is 13.7. The van der Waals surface area contributed by atoms with E-state index in [0.717, 1.165) is 38.5 Å². The highest BCUT2D eigenvalue weighted by atomic mass is 16.6. The monoisotopic (exact) mass is 372 g/mol. The third kappa shape index (κ3) is 8.68. The number of esters is 3. The molecule has 0 unspecified atom stereocenters. The van der Waals surface area contributed by atoms with Gasteiger partial charge in [-0.2, -0.15) is 0 Å². The average molecular weight is 373 g/mol. The van der Waals surface area contributed by atoms with Gasteiger partial charge in [-0.15, -0.1) is 0 Å². The Labute approximate surface area is 157 Å². The SMILES string of the molecule is CCCCCOC(=O)C(C)(C(=O)OCCCCC)C(=O)OCCCCC. The summed E-state index contributed by atoms with van der Waals surface area (Å²) in [6.45, 7) is 7.87. The molecule has 0 aliphatic rings. The molecular formula is C20H36O6. The van der Waals surface area contributed by atoms with E-state index in [0.29, 0.717) is 19.3 Å². The Morgan fingerprint density at radius 2 is 0.846 bits per heavy atom. The maximum Gasteiger partial charge on any atom is 0.334 e. The predicted octanol–water partition coefficient (Wildman–Crippen LogP) is 4.19. The molecule has 6 nitrogen and oxygen atoms in total. The van der Waals surface area contributed by atoms with Gasteiger partial charge in [0.05, 0.1) is 19.8 Å². The van der Waals surface area contributed by atoms with Crippen LogP contribution in [-0.2, 0) is 28.6 Å². The van der Waals surface area contributed by atoms with Crippen molar-refractivity contribution in [1.82, 2.24) is 0 Å². The lowest BCUT2D eigenvalue weighted by molar-refractivity contribution is -0.182. The number of carbonyl (C=O) groups excluding carboxylic acids is 3. The van der Waals surface area contributed by atoms with E-state index in [4.69, 9.17) is 14.2 Å². The van der Waals surface area contributed by atoms with Crippen LogP contribution in [-0.4, -0.2) is 37.7 Å². The lowest BCUT2D eigenvalue weighted by Crippen LogP contribution is -2.47. The standard InChI is InChI=1S/C20H36O6/c1-5-8-11-14-24-17(21)20(4,18(22)25-15-12-9-6-2)19(23)26-16-13-10-7-3/h5-16H2,1-4H3. The number of unbranched alkanes of at least 4 members (excludes halogenated alkanes) is 6. The van der Waals surface area contributed by atoms with Crippen LogP contribution >= 0.6 is 0 Å². The number of hydrogen-bond acceptors (Lipinski definition) is 6. The summed E-state index contributed by atoms with van der Waals surface area (Å²) < 4.78 is 15.5. The van der Waals surface area contributed by atoms with Gasteiger partial charge in [0.15, 0.2) is 0 Å². The Morgan fingerprint density at radius 3 is 1.08 bits per heavy atom. The van der Waals surface area contributed by atoms with Crippen LogP contribution < -0.4 is 0 Å². The number of carbonyl (C=O) groups is 3. The minimum Gasteiger partial charge on any atom is -0.464 e. The number of ether oxygens (including phenoxy) is 3. The van der Waals surface area contributed by atoms with Crippen molar-refractivity contribution in [1.29, 1.82) is 0 Å². The van der Waals surface area contributed by atoms with Crippen molar-refractivity contribution in [2.45, 2.75) is 85.5 Å². The molecule has 0 spiro atoms. The molecule has 0 saturated carbocycles. The first kappa shape index (κ1) is 24.4. The summed E-state index contributed by atoms with van der Waals surface area (Å²) >= 11 is 0. The van der Waals surface area contributed by atoms with E-state index in [1.54, 1.807) is 0 Å². The highest BCUT2D eigenvalue weighted by Crippen LogP contribution is 2.24. The van der Waals surface area contributed by atoms with E-state index in [2.05, 4.69) is 0 Å². The molecule has 0 radical (unpaired) electrons. The Balaban J connectivity index is 4.89. The molecule has 0 aliphatic carbocycles. The zero-order valence-corrected chi connectivity index (χ0v) is 16.9. The van der Waals surface area contributed by atoms with Crippen LogP contribution in [0.1, 0.15) is 85.5 Å². The van der Waals surface area contributed by atoms with Crippen LogP contribution in [0.4, 0.5) is 0 Å². The van der Waals surface area contributed by atoms with E-state index < -0.39 is 23.3 Å². The highest BCUT2D eigenvalue weighted by Gasteiger charge is 2.53. The smallest absolute Gasteiger partial charge is 0.334 e.